The van der Waals surface area contributed by atoms with E-state index in [1.165, 1.54) is 0 Å². The third kappa shape index (κ3) is 2.73. The average Bonchev–Trinajstić information content (AvgIpc) is 2.77. The molecule has 3 aliphatic rings. The first-order valence-electron chi connectivity index (χ1n) is 12.6. The maximum Gasteiger partial charge on any atom is 0.343 e. The Bertz CT molecular complexity index is 1620. The van der Waals surface area contributed by atoms with Gasteiger partial charge in [-0.2, -0.15) is 0 Å². The highest BCUT2D eigenvalue weighted by atomic mass is 16.5. The van der Waals surface area contributed by atoms with Gasteiger partial charge in [0.1, 0.15) is 33.9 Å². The number of rotatable bonds is 0. The van der Waals surface area contributed by atoms with Gasteiger partial charge in [0.2, 0.25) is 0 Å². The molecule has 1 aliphatic carbocycles. The highest BCUT2D eigenvalue weighted by Gasteiger charge is 2.59. The van der Waals surface area contributed by atoms with Crippen molar-refractivity contribution in [3.05, 3.63) is 79.5 Å². The zero-order chi connectivity index (χ0) is 25.1. The topological polar surface area (TPSA) is 78.9 Å². The molecule has 4 aromatic rings. The van der Waals surface area contributed by atoms with Crippen molar-refractivity contribution in [2.45, 2.75) is 70.5 Å². The molecule has 7 rings (SSSR count). The Labute approximate surface area is 207 Å². The second-order valence-electron chi connectivity index (χ2n) is 11.6. The first kappa shape index (κ1) is 21.7. The van der Waals surface area contributed by atoms with Crippen molar-refractivity contribution in [1.82, 2.24) is 0 Å². The van der Waals surface area contributed by atoms with Crippen LogP contribution in [0, 0.1) is 19.8 Å². The summed E-state index contributed by atoms with van der Waals surface area (Å²) in [6.45, 7) is 10.2. The molecule has 1 saturated carbocycles. The number of aryl methyl sites for hydroxylation is 2. The molecule has 6 heteroatoms. The minimum Gasteiger partial charge on any atom is -0.486 e. The van der Waals surface area contributed by atoms with E-state index in [9.17, 15) is 9.59 Å². The molecule has 2 aromatic heterocycles. The van der Waals surface area contributed by atoms with E-state index in [1.807, 2.05) is 44.2 Å². The molecule has 0 spiro atoms. The molecule has 4 atom stereocenters. The zero-order valence-electron chi connectivity index (χ0n) is 21.1. The highest BCUT2D eigenvalue weighted by molar-refractivity contribution is 5.89. The molecule has 0 radical (unpaired) electrons. The van der Waals surface area contributed by atoms with Gasteiger partial charge in [-0.05, 0) is 70.7 Å². The molecule has 1 fully saturated rings. The third-order valence-electron chi connectivity index (χ3n) is 8.69. The summed E-state index contributed by atoms with van der Waals surface area (Å²) < 4.78 is 25.1. The molecule has 2 aromatic carbocycles. The van der Waals surface area contributed by atoms with Gasteiger partial charge >= 0.3 is 11.3 Å². The highest BCUT2D eigenvalue weighted by Crippen LogP contribution is 2.62. The van der Waals surface area contributed by atoms with Crippen molar-refractivity contribution in [1.29, 1.82) is 0 Å². The molecular formula is C30H28O6. The van der Waals surface area contributed by atoms with Crippen LogP contribution >= 0.6 is 0 Å². The van der Waals surface area contributed by atoms with Gasteiger partial charge in [-0.25, -0.2) is 9.59 Å². The van der Waals surface area contributed by atoms with E-state index >= 15 is 0 Å². The fraction of sp³-hybridized carbons (Fsp3) is 0.400. The summed E-state index contributed by atoms with van der Waals surface area (Å²) in [6.07, 6.45) is 1.28. The van der Waals surface area contributed by atoms with Gasteiger partial charge in [-0.1, -0.05) is 24.3 Å². The van der Waals surface area contributed by atoms with Gasteiger partial charge < -0.3 is 18.3 Å². The van der Waals surface area contributed by atoms with E-state index in [-0.39, 0.29) is 29.0 Å². The Morgan fingerprint density at radius 3 is 1.69 bits per heavy atom. The summed E-state index contributed by atoms with van der Waals surface area (Å²) in [5, 5.41) is 1.68. The normalized spacial score (nSPS) is 27.5. The molecule has 4 heterocycles. The van der Waals surface area contributed by atoms with Gasteiger partial charge in [0.15, 0.2) is 0 Å². The van der Waals surface area contributed by atoms with Crippen molar-refractivity contribution in [3.8, 4) is 11.5 Å². The lowest BCUT2D eigenvalue weighted by Crippen LogP contribution is -2.58. The van der Waals surface area contributed by atoms with Crippen molar-refractivity contribution in [3.63, 3.8) is 0 Å². The molecular weight excluding hydrogens is 456 g/mol. The van der Waals surface area contributed by atoms with Gasteiger partial charge in [0.25, 0.3) is 0 Å². The van der Waals surface area contributed by atoms with Gasteiger partial charge in [-0.15, -0.1) is 0 Å². The van der Waals surface area contributed by atoms with Gasteiger partial charge in [0.05, 0.1) is 21.9 Å². The van der Waals surface area contributed by atoms with Crippen LogP contribution in [-0.4, -0.2) is 11.2 Å². The van der Waals surface area contributed by atoms with E-state index in [1.54, 1.807) is 6.07 Å². The summed E-state index contributed by atoms with van der Waals surface area (Å²) in [6, 6.07) is 11.4. The van der Waals surface area contributed by atoms with E-state index < -0.39 is 11.2 Å². The first-order chi connectivity index (χ1) is 17.1. The minimum atomic E-state index is -0.644. The van der Waals surface area contributed by atoms with E-state index in [0.717, 1.165) is 21.9 Å². The standard InChI is InChI=1S/C30H28O6/c1-14-8-6-10-18-20(14)25-22(27(31)33-18)16-12-30(5)13-17(24(16)29(3,4)35-25)23-26(36-30)21-15(2)9-7-11-19(21)34-28(23)32/h6-11,16-17,24H,12-13H2,1-5H3. The smallest absolute Gasteiger partial charge is 0.343 e. The maximum atomic E-state index is 13.4. The van der Waals surface area contributed by atoms with E-state index in [0.29, 0.717) is 46.6 Å². The monoisotopic (exact) mass is 484 g/mol. The Hall–Kier alpha value is -3.54. The Kier molecular flexibility index (Phi) is 4.11. The van der Waals surface area contributed by atoms with Crippen molar-refractivity contribution >= 4 is 21.9 Å². The summed E-state index contributed by atoms with van der Waals surface area (Å²) in [7, 11) is 0. The number of fused-ring (bicyclic) bond motifs is 12. The van der Waals surface area contributed by atoms with Crippen LogP contribution < -0.4 is 20.7 Å². The average molecular weight is 485 g/mol. The molecule has 4 unspecified atom stereocenters. The second kappa shape index (κ2) is 6.81. The summed E-state index contributed by atoms with van der Waals surface area (Å²) >= 11 is 0. The molecule has 0 saturated heterocycles. The van der Waals surface area contributed by atoms with Gasteiger partial charge in [0, 0.05) is 17.8 Å². The Morgan fingerprint density at radius 2 is 1.19 bits per heavy atom. The number of ether oxygens (including phenoxy) is 2. The number of benzene rings is 2. The molecule has 36 heavy (non-hydrogen) atoms. The van der Waals surface area contributed by atoms with Crippen LogP contribution in [0.2, 0.25) is 0 Å². The molecule has 6 nitrogen and oxygen atoms in total. The third-order valence-corrected chi connectivity index (χ3v) is 8.69. The van der Waals surface area contributed by atoms with Crippen LogP contribution in [-0.2, 0) is 0 Å². The first-order valence-corrected chi connectivity index (χ1v) is 12.6. The summed E-state index contributed by atoms with van der Waals surface area (Å²) in [5.41, 5.74) is 2.22. The van der Waals surface area contributed by atoms with Crippen molar-refractivity contribution < 1.29 is 18.3 Å². The maximum absolute atomic E-state index is 13.4. The van der Waals surface area contributed by atoms with Crippen LogP contribution in [0.3, 0.4) is 0 Å². The zero-order valence-corrected chi connectivity index (χ0v) is 21.1. The second-order valence-corrected chi connectivity index (χ2v) is 11.6. The SMILES string of the molecule is Cc1cccc2oc(=O)c3c(c12)OC1(C)CC3C2C(C1)c1c(c3c(C)cccc3oc1=O)OC2(C)C. The number of hydrogen-bond donors (Lipinski definition) is 0. The van der Waals surface area contributed by atoms with Gasteiger partial charge in [-0.3, -0.25) is 0 Å². The van der Waals surface area contributed by atoms with Crippen molar-refractivity contribution in [2.75, 3.05) is 0 Å². The molecule has 2 aliphatic heterocycles. The lowest BCUT2D eigenvalue weighted by Gasteiger charge is -2.56. The fourth-order valence-electron chi connectivity index (χ4n) is 7.39. The molecule has 2 bridgehead atoms. The Balaban J connectivity index is 1.53. The molecule has 0 amide bonds. The summed E-state index contributed by atoms with van der Waals surface area (Å²) in [4.78, 5) is 26.9. The van der Waals surface area contributed by atoms with E-state index in [4.69, 9.17) is 18.3 Å². The summed E-state index contributed by atoms with van der Waals surface area (Å²) in [5.74, 6) is 0.727. The van der Waals surface area contributed by atoms with Crippen LogP contribution in [0.25, 0.3) is 21.9 Å². The van der Waals surface area contributed by atoms with Crippen LogP contribution in [0.4, 0.5) is 0 Å². The predicted molar refractivity (Wildman–Crippen MR) is 136 cm³/mol. The molecule has 184 valence electrons. The molecule has 0 N–H and O–H groups in total. The fourth-order valence-corrected chi connectivity index (χ4v) is 7.39. The number of hydrogen-bond acceptors (Lipinski definition) is 6. The van der Waals surface area contributed by atoms with Crippen LogP contribution in [0.15, 0.2) is 54.8 Å². The lowest BCUT2D eigenvalue weighted by molar-refractivity contribution is -0.0807. The van der Waals surface area contributed by atoms with E-state index in [2.05, 4.69) is 20.8 Å². The van der Waals surface area contributed by atoms with Crippen LogP contribution in [0.5, 0.6) is 11.5 Å². The predicted octanol–water partition coefficient (Wildman–Crippen LogP) is 6.12. The largest absolute Gasteiger partial charge is 0.486 e. The Morgan fingerprint density at radius 1 is 0.722 bits per heavy atom. The quantitative estimate of drug-likeness (QED) is 0.280. The van der Waals surface area contributed by atoms with Crippen molar-refractivity contribution in [2.24, 2.45) is 5.92 Å². The lowest BCUT2D eigenvalue weighted by atomic mass is 9.56. The minimum absolute atomic E-state index is 0.130. The van der Waals surface area contributed by atoms with Crippen LogP contribution in [0.1, 0.15) is 67.7 Å².